The highest BCUT2D eigenvalue weighted by molar-refractivity contribution is 5.74. The lowest BCUT2D eigenvalue weighted by Crippen LogP contribution is -2.69. The topological polar surface area (TPSA) is 135 Å². The number of piperidine rings is 1. The highest BCUT2D eigenvalue weighted by atomic mass is 16.7. The van der Waals surface area contributed by atoms with E-state index < -0.39 is 60.6 Å². The van der Waals surface area contributed by atoms with E-state index in [0.717, 1.165) is 32.6 Å². The summed E-state index contributed by atoms with van der Waals surface area (Å²) in [6.45, 7) is 4.23. The monoisotopic (exact) mass is 373 g/mol. The van der Waals surface area contributed by atoms with Crippen LogP contribution in [0.15, 0.2) is 0 Å². The van der Waals surface area contributed by atoms with Gasteiger partial charge in [-0.15, -0.1) is 0 Å². The van der Waals surface area contributed by atoms with E-state index in [1.807, 2.05) is 0 Å². The Morgan fingerprint density at radius 1 is 0.808 bits per heavy atom. The molecule has 3 unspecified atom stereocenters. The van der Waals surface area contributed by atoms with Crippen molar-refractivity contribution in [2.45, 2.75) is 58.3 Å². The number of hydrogen-bond acceptors (Lipinski definition) is 10. The van der Waals surface area contributed by atoms with Gasteiger partial charge in [0.15, 0.2) is 18.3 Å². The molecular formula is C15H19NO10. The van der Waals surface area contributed by atoms with Crippen LogP contribution in [0, 0.1) is 0 Å². The van der Waals surface area contributed by atoms with Gasteiger partial charge in [-0.2, -0.15) is 0 Å². The van der Waals surface area contributed by atoms with E-state index in [4.69, 9.17) is 23.7 Å². The lowest BCUT2D eigenvalue weighted by atomic mass is 9.92. The largest absolute Gasteiger partial charge is 0.456 e. The third-order valence-corrected chi connectivity index (χ3v) is 3.72. The lowest BCUT2D eigenvalue weighted by Gasteiger charge is -2.46. The summed E-state index contributed by atoms with van der Waals surface area (Å²) < 4.78 is 25.6. The van der Waals surface area contributed by atoms with Gasteiger partial charge >= 0.3 is 30.0 Å². The molecule has 11 nitrogen and oxygen atoms in total. The van der Waals surface area contributed by atoms with Crippen LogP contribution in [0.1, 0.15) is 27.7 Å². The number of ether oxygens (including phenoxy) is 5. The fourth-order valence-corrected chi connectivity index (χ4v) is 2.99. The van der Waals surface area contributed by atoms with Crippen molar-refractivity contribution in [1.82, 2.24) is 4.90 Å². The molecule has 0 aromatic rings. The Morgan fingerprint density at radius 3 is 1.77 bits per heavy atom. The van der Waals surface area contributed by atoms with Crippen molar-refractivity contribution in [3.8, 4) is 0 Å². The summed E-state index contributed by atoms with van der Waals surface area (Å²) in [5, 5.41) is 0. The van der Waals surface area contributed by atoms with Crippen LogP contribution < -0.4 is 0 Å². The molecule has 0 aromatic heterocycles. The van der Waals surface area contributed by atoms with Crippen LogP contribution in [0.5, 0.6) is 0 Å². The van der Waals surface area contributed by atoms with E-state index >= 15 is 0 Å². The normalized spacial score (nSPS) is 29.9. The Morgan fingerprint density at radius 2 is 1.27 bits per heavy atom. The second-order valence-electron chi connectivity index (χ2n) is 5.77. The summed E-state index contributed by atoms with van der Waals surface area (Å²) in [6, 6.07) is -0.896. The van der Waals surface area contributed by atoms with Gasteiger partial charge in [0.25, 0.3) is 0 Å². The first kappa shape index (κ1) is 19.5. The number of carbonyl (C=O) groups is 5. The molecular weight excluding hydrogens is 354 g/mol. The average molecular weight is 373 g/mol. The smallest absolute Gasteiger partial charge is 0.413 e. The second kappa shape index (κ2) is 7.58. The number of carbonyl (C=O) groups excluding carboxylic acids is 5. The third-order valence-electron chi connectivity index (χ3n) is 3.72. The fourth-order valence-electron chi connectivity index (χ4n) is 2.99. The molecule has 2 fully saturated rings. The molecule has 144 valence electrons. The molecule has 2 rings (SSSR count). The molecule has 0 spiro atoms. The Labute approximate surface area is 148 Å². The lowest BCUT2D eigenvalue weighted by molar-refractivity contribution is -0.236. The fraction of sp³-hybridized carbons (Fsp3) is 0.667. The standard InChI is InChI=1S/C15H19NO10/c1-6(17)23-11-10-5-22-15(21)16(10)14(26-9(4)20)13(25-8(3)19)12(11)24-7(2)18/h10-14H,5H2,1-4H3/t10?,11-,12?,13?,14-/m1/s1. The zero-order chi connectivity index (χ0) is 19.6. The maximum atomic E-state index is 12.1. The number of hydrogen-bond donors (Lipinski definition) is 0. The summed E-state index contributed by atoms with van der Waals surface area (Å²) in [5.41, 5.74) is 0. The summed E-state index contributed by atoms with van der Waals surface area (Å²) in [6.07, 6.45) is -6.16. The number of rotatable bonds is 4. The number of amides is 1. The first-order chi connectivity index (χ1) is 12.1. The van der Waals surface area contributed by atoms with E-state index in [1.165, 1.54) is 0 Å². The van der Waals surface area contributed by atoms with Gasteiger partial charge in [-0.25, -0.2) is 4.79 Å². The van der Waals surface area contributed by atoms with Gasteiger partial charge in [0.05, 0.1) is 0 Å². The molecule has 2 aliphatic rings. The molecule has 2 heterocycles. The van der Waals surface area contributed by atoms with Crippen LogP contribution in [-0.4, -0.2) is 72.1 Å². The minimum atomic E-state index is -1.41. The Balaban J connectivity index is 2.51. The van der Waals surface area contributed by atoms with Gasteiger partial charge in [0.1, 0.15) is 12.6 Å². The van der Waals surface area contributed by atoms with Crippen molar-refractivity contribution in [3.05, 3.63) is 0 Å². The molecule has 0 aromatic carbocycles. The summed E-state index contributed by atoms with van der Waals surface area (Å²) in [7, 11) is 0. The number of fused-ring (bicyclic) bond motifs is 1. The van der Waals surface area contributed by atoms with Crippen LogP contribution in [0.2, 0.25) is 0 Å². The van der Waals surface area contributed by atoms with Crippen molar-refractivity contribution in [3.63, 3.8) is 0 Å². The van der Waals surface area contributed by atoms with Crippen molar-refractivity contribution >= 4 is 30.0 Å². The van der Waals surface area contributed by atoms with E-state index in [2.05, 4.69) is 0 Å². The maximum Gasteiger partial charge on any atom is 0.413 e. The molecule has 26 heavy (non-hydrogen) atoms. The quantitative estimate of drug-likeness (QED) is 0.469. The summed E-state index contributed by atoms with van der Waals surface area (Å²) in [4.78, 5) is 59.2. The van der Waals surface area contributed by atoms with Gasteiger partial charge in [0.2, 0.25) is 6.23 Å². The van der Waals surface area contributed by atoms with Crippen molar-refractivity contribution < 1.29 is 47.7 Å². The molecule has 0 radical (unpaired) electrons. The van der Waals surface area contributed by atoms with Gasteiger partial charge in [-0.3, -0.25) is 24.1 Å². The second-order valence-corrected chi connectivity index (χ2v) is 5.77. The van der Waals surface area contributed by atoms with Crippen LogP contribution in [0.25, 0.3) is 0 Å². The van der Waals surface area contributed by atoms with Crippen LogP contribution in [0.4, 0.5) is 4.79 Å². The maximum absolute atomic E-state index is 12.1. The predicted octanol–water partition coefficient (Wildman–Crippen LogP) is -0.495. The Bertz CT molecular complexity index is 632. The minimum Gasteiger partial charge on any atom is -0.456 e. The van der Waals surface area contributed by atoms with E-state index in [0.29, 0.717) is 0 Å². The first-order valence-electron chi connectivity index (χ1n) is 7.75. The van der Waals surface area contributed by atoms with Gasteiger partial charge in [0, 0.05) is 27.7 Å². The average Bonchev–Trinajstić information content (AvgIpc) is 2.86. The van der Waals surface area contributed by atoms with Crippen LogP contribution in [-0.2, 0) is 42.9 Å². The van der Waals surface area contributed by atoms with Crippen molar-refractivity contribution in [2.75, 3.05) is 6.61 Å². The van der Waals surface area contributed by atoms with Gasteiger partial charge < -0.3 is 23.7 Å². The highest BCUT2D eigenvalue weighted by Crippen LogP contribution is 2.35. The Kier molecular flexibility index (Phi) is 5.68. The van der Waals surface area contributed by atoms with Crippen molar-refractivity contribution in [1.29, 1.82) is 0 Å². The third kappa shape index (κ3) is 4.03. The van der Waals surface area contributed by atoms with Crippen LogP contribution >= 0.6 is 0 Å². The molecule has 0 N–H and O–H groups in total. The van der Waals surface area contributed by atoms with E-state index in [1.54, 1.807) is 0 Å². The van der Waals surface area contributed by atoms with Gasteiger partial charge in [-0.05, 0) is 0 Å². The molecule has 0 aliphatic carbocycles. The van der Waals surface area contributed by atoms with E-state index in [-0.39, 0.29) is 6.61 Å². The number of esters is 4. The molecule has 0 bridgehead atoms. The Hall–Kier alpha value is -2.85. The SMILES string of the molecule is CC(=O)OC1C(OC(C)=O)[C@@H](OC(C)=O)N2C(=O)OCC2[C@H]1OC(C)=O. The first-order valence-corrected chi connectivity index (χ1v) is 7.75. The van der Waals surface area contributed by atoms with Gasteiger partial charge in [-0.1, -0.05) is 0 Å². The zero-order valence-electron chi connectivity index (χ0n) is 14.6. The molecule has 0 saturated carbocycles. The molecule has 11 heteroatoms. The molecule has 1 amide bonds. The predicted molar refractivity (Wildman–Crippen MR) is 79.2 cm³/mol. The zero-order valence-corrected chi connectivity index (χ0v) is 14.6. The summed E-state index contributed by atoms with van der Waals surface area (Å²) in [5.74, 6) is -3.00. The molecule has 2 saturated heterocycles. The van der Waals surface area contributed by atoms with Crippen LogP contribution in [0.3, 0.4) is 0 Å². The molecule has 5 atom stereocenters. The number of cyclic esters (lactones) is 1. The van der Waals surface area contributed by atoms with Crippen molar-refractivity contribution in [2.24, 2.45) is 0 Å². The highest BCUT2D eigenvalue weighted by Gasteiger charge is 2.60. The van der Waals surface area contributed by atoms with E-state index in [9.17, 15) is 24.0 Å². The minimum absolute atomic E-state index is 0.195. The molecule has 2 aliphatic heterocycles. The number of nitrogens with zero attached hydrogens (tertiary/aromatic N) is 1. The summed E-state index contributed by atoms with van der Waals surface area (Å²) >= 11 is 0.